The van der Waals surface area contributed by atoms with Crippen LogP contribution in [0.5, 0.6) is 0 Å². The predicted octanol–water partition coefficient (Wildman–Crippen LogP) is 1.58. The van der Waals surface area contributed by atoms with E-state index in [9.17, 15) is 4.79 Å². The maximum atomic E-state index is 11.6. The minimum atomic E-state index is -0.221. The maximum absolute atomic E-state index is 11.6. The van der Waals surface area contributed by atoms with Gasteiger partial charge in [-0.25, -0.2) is 14.6 Å². The number of rotatable bonds is 5. The Morgan fingerprint density at radius 2 is 2.14 bits per heavy atom. The highest BCUT2D eigenvalue weighted by atomic mass is 16.1. The van der Waals surface area contributed by atoms with Crippen LogP contribution in [0.3, 0.4) is 0 Å². The predicted molar refractivity (Wildman–Crippen MR) is 80.8 cm³/mol. The van der Waals surface area contributed by atoms with Gasteiger partial charge in [0.25, 0.3) is 5.91 Å². The van der Waals surface area contributed by atoms with Crippen LogP contribution < -0.4 is 10.6 Å². The Morgan fingerprint density at radius 3 is 2.76 bits per heavy atom. The molecule has 0 saturated carbocycles. The van der Waals surface area contributed by atoms with E-state index >= 15 is 0 Å². The van der Waals surface area contributed by atoms with Gasteiger partial charge in [-0.15, -0.1) is 0 Å². The van der Waals surface area contributed by atoms with Crippen molar-refractivity contribution < 1.29 is 4.79 Å². The van der Waals surface area contributed by atoms with Crippen molar-refractivity contribution >= 4 is 11.7 Å². The average Bonchev–Trinajstić information content (AvgIpc) is 2.96. The maximum Gasteiger partial charge on any atom is 0.271 e. The molecule has 0 aliphatic carbocycles. The zero-order chi connectivity index (χ0) is 15.4. The van der Waals surface area contributed by atoms with E-state index in [1.54, 1.807) is 24.0 Å². The summed E-state index contributed by atoms with van der Waals surface area (Å²) in [4.78, 5) is 20.2. The minimum absolute atomic E-state index is 0.221. The van der Waals surface area contributed by atoms with Crippen molar-refractivity contribution in [3.63, 3.8) is 0 Å². The molecule has 0 bridgehead atoms. The van der Waals surface area contributed by atoms with E-state index in [-0.39, 0.29) is 11.8 Å². The molecule has 112 valence electrons. The van der Waals surface area contributed by atoms with Crippen molar-refractivity contribution in [2.45, 2.75) is 26.7 Å². The Hall–Kier alpha value is -2.44. The summed E-state index contributed by atoms with van der Waals surface area (Å²) in [6, 6.07) is 1.66. The molecular formula is C14H20N6O. The topological polar surface area (TPSA) is 84.7 Å². The number of nitrogens with zero attached hydrogens (tertiary/aromatic N) is 4. The molecular weight excluding hydrogens is 268 g/mol. The molecule has 0 aromatic carbocycles. The third-order valence-electron chi connectivity index (χ3n) is 3.05. The first kappa shape index (κ1) is 15.0. The van der Waals surface area contributed by atoms with E-state index in [0.29, 0.717) is 11.5 Å². The fourth-order valence-corrected chi connectivity index (χ4v) is 2.10. The van der Waals surface area contributed by atoms with Gasteiger partial charge in [0.05, 0.1) is 0 Å². The minimum Gasteiger partial charge on any atom is -0.370 e. The lowest BCUT2D eigenvalue weighted by molar-refractivity contribution is 0.0957. The van der Waals surface area contributed by atoms with Crippen LogP contribution in [-0.2, 0) is 0 Å². The molecule has 7 nitrogen and oxygen atoms in total. The van der Waals surface area contributed by atoms with Crippen LogP contribution in [-0.4, -0.2) is 39.2 Å². The summed E-state index contributed by atoms with van der Waals surface area (Å²) in [5.74, 6) is 1.49. The van der Waals surface area contributed by atoms with Crippen LogP contribution in [0, 0.1) is 0 Å². The highest BCUT2D eigenvalue weighted by molar-refractivity contribution is 5.91. The lowest BCUT2D eigenvalue weighted by Gasteiger charge is -2.16. The van der Waals surface area contributed by atoms with Crippen LogP contribution in [0.25, 0.3) is 5.82 Å². The van der Waals surface area contributed by atoms with E-state index in [1.807, 2.05) is 6.92 Å². The molecule has 0 saturated heterocycles. The molecule has 21 heavy (non-hydrogen) atoms. The number of amides is 1. The van der Waals surface area contributed by atoms with Gasteiger partial charge in [-0.1, -0.05) is 13.8 Å². The highest BCUT2D eigenvalue weighted by Gasteiger charge is 2.17. The molecule has 2 N–H and O–H groups in total. The molecule has 0 spiro atoms. The van der Waals surface area contributed by atoms with Crippen LogP contribution in [0.1, 0.15) is 42.7 Å². The van der Waals surface area contributed by atoms with Crippen LogP contribution >= 0.6 is 0 Å². The van der Waals surface area contributed by atoms with Gasteiger partial charge in [-0.05, 0) is 18.9 Å². The Morgan fingerprint density at radius 1 is 1.38 bits per heavy atom. The number of carbonyl (C=O) groups excluding carboxylic acids is 1. The summed E-state index contributed by atoms with van der Waals surface area (Å²) in [6.45, 7) is 6.95. The third-order valence-corrected chi connectivity index (χ3v) is 3.05. The molecule has 2 aromatic heterocycles. The Kier molecular flexibility index (Phi) is 4.52. The summed E-state index contributed by atoms with van der Waals surface area (Å²) in [5, 5.41) is 10.1. The van der Waals surface area contributed by atoms with Crippen molar-refractivity contribution in [2.75, 3.05) is 18.9 Å². The van der Waals surface area contributed by atoms with Gasteiger partial charge >= 0.3 is 0 Å². The first-order valence-electron chi connectivity index (χ1n) is 6.95. The van der Waals surface area contributed by atoms with Gasteiger partial charge in [0.1, 0.15) is 12.1 Å². The Labute approximate surface area is 123 Å². The molecule has 0 aliphatic heterocycles. The fourth-order valence-electron chi connectivity index (χ4n) is 2.10. The van der Waals surface area contributed by atoms with E-state index in [1.165, 1.54) is 6.33 Å². The molecule has 0 unspecified atom stereocenters. The van der Waals surface area contributed by atoms with E-state index in [4.69, 9.17) is 0 Å². The van der Waals surface area contributed by atoms with Gasteiger partial charge < -0.3 is 10.6 Å². The van der Waals surface area contributed by atoms with Gasteiger partial charge in [-0.2, -0.15) is 5.10 Å². The van der Waals surface area contributed by atoms with Crippen molar-refractivity contribution in [1.82, 2.24) is 25.1 Å². The summed E-state index contributed by atoms with van der Waals surface area (Å²) in [5.41, 5.74) is 1.33. The second-order valence-electron chi connectivity index (χ2n) is 4.87. The van der Waals surface area contributed by atoms with Crippen LogP contribution in [0.4, 0.5) is 5.82 Å². The number of aromatic nitrogens is 4. The molecule has 1 amide bonds. The Balaban J connectivity index is 2.50. The summed E-state index contributed by atoms with van der Waals surface area (Å²) in [6.07, 6.45) is 3.23. The molecule has 2 rings (SSSR count). The number of hydrogen-bond donors (Lipinski definition) is 2. The molecule has 0 atom stereocenters. The molecule has 0 aliphatic rings. The second kappa shape index (κ2) is 6.34. The molecule has 0 radical (unpaired) electrons. The lowest BCUT2D eigenvalue weighted by Crippen LogP contribution is -2.19. The molecule has 2 aromatic rings. The first-order valence-corrected chi connectivity index (χ1v) is 6.95. The van der Waals surface area contributed by atoms with Crippen LogP contribution in [0.2, 0.25) is 0 Å². The summed E-state index contributed by atoms with van der Waals surface area (Å²) in [7, 11) is 1.58. The van der Waals surface area contributed by atoms with E-state index in [2.05, 4.69) is 39.5 Å². The molecule has 7 heteroatoms. The summed E-state index contributed by atoms with van der Waals surface area (Å²) < 4.78 is 1.61. The highest BCUT2D eigenvalue weighted by Crippen LogP contribution is 2.26. The SMILES string of the molecule is CCNc1ncnc(-n2ccc(C(=O)NC)n2)c1C(C)C. The van der Waals surface area contributed by atoms with Crippen molar-refractivity contribution in [1.29, 1.82) is 0 Å². The number of nitrogens with one attached hydrogen (secondary N) is 2. The number of anilines is 1. The zero-order valence-corrected chi connectivity index (χ0v) is 12.7. The second-order valence-corrected chi connectivity index (χ2v) is 4.87. The van der Waals surface area contributed by atoms with E-state index < -0.39 is 0 Å². The normalized spacial score (nSPS) is 10.7. The summed E-state index contributed by atoms with van der Waals surface area (Å²) >= 11 is 0. The molecule has 2 heterocycles. The first-order chi connectivity index (χ1) is 10.1. The number of carbonyl (C=O) groups is 1. The molecule has 0 fully saturated rings. The smallest absolute Gasteiger partial charge is 0.271 e. The standard InChI is InChI=1S/C14H20N6O/c1-5-16-12-11(9(2)3)13(18-8-17-12)20-7-6-10(19-20)14(21)15-4/h6-9H,5H2,1-4H3,(H,15,21)(H,16,17,18). The average molecular weight is 288 g/mol. The number of hydrogen-bond acceptors (Lipinski definition) is 5. The monoisotopic (exact) mass is 288 g/mol. The van der Waals surface area contributed by atoms with Gasteiger partial charge in [0, 0.05) is 25.4 Å². The van der Waals surface area contributed by atoms with Gasteiger partial charge in [-0.3, -0.25) is 4.79 Å². The largest absolute Gasteiger partial charge is 0.370 e. The van der Waals surface area contributed by atoms with Gasteiger partial charge in [0.15, 0.2) is 11.5 Å². The lowest BCUT2D eigenvalue weighted by atomic mass is 10.0. The van der Waals surface area contributed by atoms with Gasteiger partial charge in [0.2, 0.25) is 0 Å². The third kappa shape index (κ3) is 3.01. The van der Waals surface area contributed by atoms with Crippen molar-refractivity contribution in [3.8, 4) is 5.82 Å². The van der Waals surface area contributed by atoms with Crippen molar-refractivity contribution in [2.24, 2.45) is 0 Å². The Bertz CT molecular complexity index is 634. The van der Waals surface area contributed by atoms with Crippen LogP contribution in [0.15, 0.2) is 18.6 Å². The quantitative estimate of drug-likeness (QED) is 0.872. The fraction of sp³-hybridized carbons (Fsp3) is 0.429. The van der Waals surface area contributed by atoms with E-state index in [0.717, 1.165) is 17.9 Å². The van der Waals surface area contributed by atoms with Crippen molar-refractivity contribution in [3.05, 3.63) is 29.8 Å². The zero-order valence-electron chi connectivity index (χ0n) is 12.7.